The minimum Gasteiger partial charge on any atom is -0.309 e. The molecule has 0 radical (unpaired) electrons. The van der Waals surface area contributed by atoms with Crippen molar-refractivity contribution >= 4 is 64.9 Å². The number of benzene rings is 10. The molecule has 0 saturated carbocycles. The van der Waals surface area contributed by atoms with Gasteiger partial charge in [0.1, 0.15) is 0 Å². The van der Waals surface area contributed by atoms with Gasteiger partial charge in [-0.2, -0.15) is 0 Å². The van der Waals surface area contributed by atoms with Crippen LogP contribution in [-0.2, 0) is 0 Å². The lowest BCUT2D eigenvalue weighted by molar-refractivity contribution is 1.20. The highest BCUT2D eigenvalue weighted by atomic mass is 15.0. The number of nitrogens with zero attached hydrogens (tertiary/aromatic N) is 1. The van der Waals surface area contributed by atoms with E-state index < -0.39 is 0 Å². The number of aromatic nitrogens is 1. The quantitative estimate of drug-likeness (QED) is 0.164. The molecule has 0 atom stereocenters. The van der Waals surface area contributed by atoms with E-state index in [4.69, 9.17) is 0 Å². The predicted octanol–water partition coefficient (Wildman–Crippen LogP) is 14.4. The van der Waals surface area contributed by atoms with Gasteiger partial charge >= 0.3 is 0 Å². The van der Waals surface area contributed by atoms with Crippen LogP contribution in [0, 0.1) is 0 Å². The van der Waals surface area contributed by atoms with Crippen LogP contribution in [-0.4, -0.2) is 4.57 Å². The summed E-state index contributed by atoms with van der Waals surface area (Å²) in [6, 6.07) is 73.6. The van der Waals surface area contributed by atoms with Gasteiger partial charge in [-0.25, -0.2) is 0 Å². The van der Waals surface area contributed by atoms with Crippen molar-refractivity contribution in [3.8, 4) is 39.1 Å². The Bertz CT molecular complexity index is 3170. The number of para-hydroxylation sites is 1. The lowest BCUT2D eigenvalue weighted by atomic mass is 9.85. The first-order valence-electron chi connectivity index (χ1n) is 18.3. The molecule has 1 heterocycles. The van der Waals surface area contributed by atoms with Gasteiger partial charge in [-0.3, -0.25) is 0 Å². The summed E-state index contributed by atoms with van der Waals surface area (Å²) >= 11 is 0. The summed E-state index contributed by atoms with van der Waals surface area (Å²) in [6.45, 7) is 0. The van der Waals surface area contributed by atoms with E-state index in [0.29, 0.717) is 0 Å². The molecule has 0 aliphatic heterocycles. The van der Waals surface area contributed by atoms with Gasteiger partial charge in [-0.1, -0.05) is 164 Å². The number of hydrogen-bond acceptors (Lipinski definition) is 0. The summed E-state index contributed by atoms with van der Waals surface area (Å²) in [5, 5.41) is 12.6. The summed E-state index contributed by atoms with van der Waals surface area (Å²) < 4.78 is 2.43. The van der Waals surface area contributed by atoms with Crippen molar-refractivity contribution in [1.29, 1.82) is 0 Å². The molecule has 0 bridgehead atoms. The third-order valence-electron chi connectivity index (χ3n) is 11.1. The fraction of sp³-hybridized carbons (Fsp3) is 0. The predicted molar refractivity (Wildman–Crippen MR) is 227 cm³/mol. The van der Waals surface area contributed by atoms with Gasteiger partial charge < -0.3 is 4.57 Å². The van der Waals surface area contributed by atoms with Crippen molar-refractivity contribution in [2.75, 3.05) is 0 Å². The van der Waals surface area contributed by atoms with Crippen LogP contribution in [0.3, 0.4) is 0 Å². The van der Waals surface area contributed by atoms with Gasteiger partial charge in [0.2, 0.25) is 0 Å². The molecule has 10 aromatic carbocycles. The van der Waals surface area contributed by atoms with Crippen molar-refractivity contribution in [3.05, 3.63) is 200 Å². The SMILES string of the molecule is c1cc(-c2ccc3c(c2)c2ccccc2n3-c2cccc3ccccc23)cc(-c2c3ccccc3c(-c3ccc4ccccc4c3)c3ccccc23)c1. The maximum atomic E-state index is 2.43. The second kappa shape index (κ2) is 11.8. The zero-order valence-corrected chi connectivity index (χ0v) is 29.0. The summed E-state index contributed by atoms with van der Waals surface area (Å²) in [5.74, 6) is 0. The largest absolute Gasteiger partial charge is 0.309 e. The van der Waals surface area contributed by atoms with Gasteiger partial charge in [-0.05, 0) is 107 Å². The Morgan fingerprint density at radius 1 is 0.245 bits per heavy atom. The Kier molecular flexibility index (Phi) is 6.62. The molecular formula is C52H33N. The zero-order valence-electron chi connectivity index (χ0n) is 29.0. The molecule has 1 nitrogen and oxygen atoms in total. The normalized spacial score (nSPS) is 11.8. The van der Waals surface area contributed by atoms with Crippen molar-refractivity contribution in [3.63, 3.8) is 0 Å². The van der Waals surface area contributed by atoms with Crippen molar-refractivity contribution in [2.45, 2.75) is 0 Å². The summed E-state index contributed by atoms with van der Waals surface area (Å²) in [5.41, 5.74) is 11.1. The van der Waals surface area contributed by atoms with E-state index in [0.717, 1.165) is 0 Å². The highest BCUT2D eigenvalue weighted by Gasteiger charge is 2.18. The first-order chi connectivity index (χ1) is 26.3. The molecule has 0 unspecified atom stereocenters. The molecule has 0 aliphatic rings. The lowest BCUT2D eigenvalue weighted by Crippen LogP contribution is -1.95. The monoisotopic (exact) mass is 671 g/mol. The lowest BCUT2D eigenvalue weighted by Gasteiger charge is -2.18. The van der Waals surface area contributed by atoms with Gasteiger partial charge in [-0.15, -0.1) is 0 Å². The second-order valence-corrected chi connectivity index (χ2v) is 14.1. The van der Waals surface area contributed by atoms with E-state index in [1.54, 1.807) is 0 Å². The molecule has 1 heteroatoms. The van der Waals surface area contributed by atoms with Gasteiger partial charge in [0, 0.05) is 16.2 Å². The molecule has 0 saturated heterocycles. The first-order valence-corrected chi connectivity index (χ1v) is 18.3. The van der Waals surface area contributed by atoms with Crippen LogP contribution in [0.4, 0.5) is 0 Å². The first kappa shape index (κ1) is 29.7. The van der Waals surface area contributed by atoms with Crippen LogP contribution in [0.5, 0.6) is 0 Å². The number of hydrogen-bond donors (Lipinski definition) is 0. The minimum atomic E-state index is 1.20. The topological polar surface area (TPSA) is 4.93 Å². The highest BCUT2D eigenvalue weighted by Crippen LogP contribution is 2.45. The number of rotatable bonds is 4. The van der Waals surface area contributed by atoms with Crippen LogP contribution >= 0.6 is 0 Å². The third-order valence-corrected chi connectivity index (χ3v) is 11.1. The molecule has 11 rings (SSSR count). The molecule has 0 spiro atoms. The van der Waals surface area contributed by atoms with E-state index >= 15 is 0 Å². The maximum absolute atomic E-state index is 2.43. The Labute approximate surface area is 307 Å². The molecule has 0 fully saturated rings. The van der Waals surface area contributed by atoms with Crippen molar-refractivity contribution < 1.29 is 0 Å². The van der Waals surface area contributed by atoms with Gasteiger partial charge in [0.05, 0.1) is 16.7 Å². The average Bonchev–Trinajstić information content (AvgIpc) is 3.56. The van der Waals surface area contributed by atoms with Crippen LogP contribution in [0.15, 0.2) is 200 Å². The highest BCUT2D eigenvalue weighted by molar-refractivity contribution is 6.22. The second-order valence-electron chi connectivity index (χ2n) is 14.1. The van der Waals surface area contributed by atoms with Crippen LogP contribution in [0.1, 0.15) is 0 Å². The van der Waals surface area contributed by atoms with Crippen LogP contribution in [0.2, 0.25) is 0 Å². The fourth-order valence-corrected chi connectivity index (χ4v) is 8.76. The van der Waals surface area contributed by atoms with Crippen LogP contribution < -0.4 is 0 Å². The zero-order chi connectivity index (χ0) is 34.9. The molecule has 53 heavy (non-hydrogen) atoms. The van der Waals surface area contributed by atoms with Crippen molar-refractivity contribution in [2.24, 2.45) is 0 Å². The third kappa shape index (κ3) is 4.64. The van der Waals surface area contributed by atoms with E-state index in [1.807, 2.05) is 0 Å². The Morgan fingerprint density at radius 3 is 1.47 bits per heavy atom. The Hall–Kier alpha value is -6.96. The van der Waals surface area contributed by atoms with Crippen LogP contribution in [0.25, 0.3) is 104 Å². The van der Waals surface area contributed by atoms with E-state index in [-0.39, 0.29) is 0 Å². The maximum Gasteiger partial charge on any atom is 0.0541 e. The molecular weight excluding hydrogens is 639 g/mol. The smallest absolute Gasteiger partial charge is 0.0541 e. The van der Waals surface area contributed by atoms with E-state index in [1.165, 1.54) is 104 Å². The molecule has 246 valence electrons. The number of fused-ring (bicyclic) bond motifs is 7. The summed E-state index contributed by atoms with van der Waals surface area (Å²) in [4.78, 5) is 0. The summed E-state index contributed by atoms with van der Waals surface area (Å²) in [7, 11) is 0. The van der Waals surface area contributed by atoms with E-state index in [2.05, 4.69) is 205 Å². The molecule has 1 aromatic heterocycles. The molecule has 0 aliphatic carbocycles. The Balaban J connectivity index is 1.11. The average molecular weight is 672 g/mol. The van der Waals surface area contributed by atoms with Crippen molar-refractivity contribution in [1.82, 2.24) is 4.57 Å². The fourth-order valence-electron chi connectivity index (χ4n) is 8.76. The van der Waals surface area contributed by atoms with Gasteiger partial charge in [0.25, 0.3) is 0 Å². The summed E-state index contributed by atoms with van der Waals surface area (Å²) in [6.07, 6.45) is 0. The molecule has 0 amide bonds. The molecule has 11 aromatic rings. The standard InChI is InChI=1S/C52H33N/c1-2-15-36-31-40(28-27-34(36)13-1)52-45-23-7-5-21-43(45)51(44-22-6-8-24-46(44)52)39-18-11-17-37(32-39)38-29-30-50-47(33-38)42-20-9-10-25-49(42)53(50)48-26-12-16-35-14-3-4-19-41(35)48/h1-33H. The van der Waals surface area contributed by atoms with Gasteiger partial charge in [0.15, 0.2) is 0 Å². The Morgan fingerprint density at radius 2 is 0.736 bits per heavy atom. The minimum absolute atomic E-state index is 1.20. The van der Waals surface area contributed by atoms with E-state index in [9.17, 15) is 0 Å². The molecule has 0 N–H and O–H groups in total.